The first-order valence-electron chi connectivity index (χ1n) is 12.8. The summed E-state index contributed by atoms with van der Waals surface area (Å²) in [6, 6.07) is 26.9. The van der Waals surface area contributed by atoms with Crippen molar-refractivity contribution in [2.24, 2.45) is 5.92 Å². The van der Waals surface area contributed by atoms with Gasteiger partial charge in [-0.3, -0.25) is 9.59 Å². The van der Waals surface area contributed by atoms with Gasteiger partial charge in [0.05, 0.1) is 6.04 Å². The van der Waals surface area contributed by atoms with E-state index < -0.39 is 0 Å². The molecule has 4 aromatic carbocycles. The number of halogens is 1. The summed E-state index contributed by atoms with van der Waals surface area (Å²) in [7, 11) is 0. The van der Waals surface area contributed by atoms with Crippen molar-refractivity contribution in [1.82, 2.24) is 0 Å². The molecule has 0 unspecified atom stereocenters. The van der Waals surface area contributed by atoms with E-state index in [-0.39, 0.29) is 29.4 Å². The van der Waals surface area contributed by atoms with Crippen LogP contribution < -0.4 is 10.1 Å². The van der Waals surface area contributed by atoms with Gasteiger partial charge in [0.15, 0.2) is 11.6 Å². The molecule has 0 amide bonds. The van der Waals surface area contributed by atoms with E-state index in [0.29, 0.717) is 33.9 Å². The van der Waals surface area contributed by atoms with Crippen molar-refractivity contribution in [2.75, 3.05) is 5.32 Å². The van der Waals surface area contributed by atoms with Gasteiger partial charge in [-0.15, -0.1) is 0 Å². The van der Waals surface area contributed by atoms with E-state index in [1.807, 2.05) is 54.6 Å². The van der Waals surface area contributed by atoms with Gasteiger partial charge < -0.3 is 10.1 Å². The lowest BCUT2D eigenvalue weighted by Crippen LogP contribution is -2.32. The Morgan fingerprint density at radius 1 is 0.816 bits per heavy atom. The van der Waals surface area contributed by atoms with Crippen LogP contribution in [0.2, 0.25) is 5.02 Å². The van der Waals surface area contributed by atoms with E-state index in [9.17, 15) is 9.59 Å². The van der Waals surface area contributed by atoms with Gasteiger partial charge in [0.25, 0.3) is 0 Å². The maximum Gasteiger partial charge on any atom is 0.194 e. The highest BCUT2D eigenvalue weighted by Gasteiger charge is 2.42. The lowest BCUT2D eigenvalue weighted by Gasteiger charge is -2.39. The van der Waals surface area contributed by atoms with Crippen LogP contribution in [0.3, 0.4) is 0 Å². The normalized spacial score (nSPS) is 20.7. The molecule has 0 fully saturated rings. The van der Waals surface area contributed by atoms with Crippen LogP contribution in [0.15, 0.2) is 97.1 Å². The number of carbonyl (C=O) groups is 2. The second-order valence-electron chi connectivity index (χ2n) is 10.1. The SMILES string of the molecule is O=C1c2ccccc2C(=O)c2c1ccc1c2[C@@H]2C=CC[C@@H]2[C@H](c2ccc(OCc3ccc(Cl)cc3)cc2)N1. The summed E-state index contributed by atoms with van der Waals surface area (Å²) in [6.45, 7) is 0.473. The number of hydrogen-bond acceptors (Lipinski definition) is 4. The average molecular weight is 518 g/mol. The molecule has 0 saturated carbocycles. The monoisotopic (exact) mass is 517 g/mol. The number of hydrogen-bond donors (Lipinski definition) is 1. The molecule has 1 heterocycles. The van der Waals surface area contributed by atoms with Gasteiger partial charge in [-0.05, 0) is 65.4 Å². The van der Waals surface area contributed by atoms with Gasteiger partial charge in [0.1, 0.15) is 12.4 Å². The molecule has 0 aromatic heterocycles. The molecule has 0 bridgehead atoms. The molecule has 38 heavy (non-hydrogen) atoms. The quantitative estimate of drug-likeness (QED) is 0.250. The molecule has 3 atom stereocenters. The highest BCUT2D eigenvalue weighted by atomic mass is 35.5. The number of fused-ring (bicyclic) bond motifs is 6. The average Bonchev–Trinajstić information content (AvgIpc) is 3.45. The zero-order valence-corrected chi connectivity index (χ0v) is 21.2. The second-order valence-corrected chi connectivity index (χ2v) is 10.5. The Kier molecular flexibility index (Phi) is 5.45. The highest BCUT2D eigenvalue weighted by Crippen LogP contribution is 2.52. The minimum atomic E-state index is -0.0761. The lowest BCUT2D eigenvalue weighted by atomic mass is 9.71. The van der Waals surface area contributed by atoms with Crippen molar-refractivity contribution in [1.29, 1.82) is 0 Å². The van der Waals surface area contributed by atoms with Gasteiger partial charge >= 0.3 is 0 Å². The number of ketones is 2. The summed E-state index contributed by atoms with van der Waals surface area (Å²) >= 11 is 5.98. The minimum Gasteiger partial charge on any atom is -0.489 e. The number of allylic oxidation sites excluding steroid dienone is 2. The first kappa shape index (κ1) is 23.0. The predicted molar refractivity (Wildman–Crippen MR) is 148 cm³/mol. The molecule has 0 saturated heterocycles. The Labute approximate surface area is 225 Å². The van der Waals surface area contributed by atoms with Gasteiger partial charge in [0, 0.05) is 38.9 Å². The van der Waals surface area contributed by atoms with E-state index in [0.717, 1.165) is 29.0 Å². The van der Waals surface area contributed by atoms with Crippen LogP contribution in [-0.4, -0.2) is 11.6 Å². The fraction of sp³-hybridized carbons (Fsp3) is 0.152. The van der Waals surface area contributed by atoms with Crippen LogP contribution in [0.5, 0.6) is 5.75 Å². The number of anilines is 1. The third-order valence-electron chi connectivity index (χ3n) is 7.98. The zero-order chi connectivity index (χ0) is 25.8. The van der Waals surface area contributed by atoms with Crippen molar-refractivity contribution in [3.8, 4) is 5.75 Å². The van der Waals surface area contributed by atoms with Crippen molar-refractivity contribution in [3.05, 3.63) is 141 Å². The fourth-order valence-electron chi connectivity index (χ4n) is 6.13. The summed E-state index contributed by atoms with van der Waals surface area (Å²) in [4.78, 5) is 27.0. The first-order valence-corrected chi connectivity index (χ1v) is 13.2. The molecule has 7 rings (SSSR count). The smallest absolute Gasteiger partial charge is 0.194 e. The lowest BCUT2D eigenvalue weighted by molar-refractivity contribution is 0.0978. The molecule has 5 heteroatoms. The zero-order valence-electron chi connectivity index (χ0n) is 20.5. The van der Waals surface area contributed by atoms with Gasteiger partial charge in [-0.2, -0.15) is 0 Å². The molecule has 0 radical (unpaired) electrons. The summed E-state index contributed by atoms with van der Waals surface area (Å²) < 4.78 is 5.98. The summed E-state index contributed by atoms with van der Waals surface area (Å²) in [6.07, 6.45) is 5.31. The Morgan fingerprint density at radius 2 is 1.55 bits per heavy atom. The molecule has 2 aliphatic carbocycles. The van der Waals surface area contributed by atoms with Crippen LogP contribution in [0.4, 0.5) is 5.69 Å². The van der Waals surface area contributed by atoms with Crippen molar-refractivity contribution in [2.45, 2.75) is 25.0 Å². The Bertz CT molecular complexity index is 1620. The topological polar surface area (TPSA) is 55.4 Å². The minimum absolute atomic E-state index is 0.0615. The first-order chi connectivity index (χ1) is 18.6. The number of carbonyl (C=O) groups excluding carboxylic acids is 2. The highest BCUT2D eigenvalue weighted by molar-refractivity contribution is 6.30. The maximum absolute atomic E-state index is 13.7. The van der Waals surface area contributed by atoms with E-state index in [1.54, 1.807) is 18.2 Å². The van der Waals surface area contributed by atoms with Crippen molar-refractivity contribution in [3.63, 3.8) is 0 Å². The van der Waals surface area contributed by atoms with E-state index in [2.05, 4.69) is 29.6 Å². The van der Waals surface area contributed by atoms with Crippen LogP contribution in [-0.2, 0) is 6.61 Å². The molecule has 4 aromatic rings. The van der Waals surface area contributed by atoms with Gasteiger partial charge in [0.2, 0.25) is 0 Å². The number of ether oxygens (including phenoxy) is 1. The largest absolute Gasteiger partial charge is 0.489 e. The molecule has 1 N–H and O–H groups in total. The van der Waals surface area contributed by atoms with Crippen LogP contribution in [0.1, 0.15) is 66.9 Å². The van der Waals surface area contributed by atoms with Crippen LogP contribution in [0.25, 0.3) is 0 Å². The molecule has 1 aliphatic heterocycles. The molecular weight excluding hydrogens is 494 g/mol. The Balaban J connectivity index is 1.19. The molecular formula is C33H24ClNO3. The maximum atomic E-state index is 13.7. The molecule has 3 aliphatic rings. The number of benzene rings is 4. The third kappa shape index (κ3) is 3.67. The summed E-state index contributed by atoms with van der Waals surface area (Å²) in [5, 5.41) is 4.43. The fourth-order valence-corrected chi connectivity index (χ4v) is 6.26. The van der Waals surface area contributed by atoms with E-state index in [4.69, 9.17) is 16.3 Å². The van der Waals surface area contributed by atoms with E-state index >= 15 is 0 Å². The van der Waals surface area contributed by atoms with Crippen LogP contribution in [0, 0.1) is 5.92 Å². The molecule has 0 spiro atoms. The van der Waals surface area contributed by atoms with Crippen LogP contribution >= 0.6 is 11.6 Å². The molecule has 186 valence electrons. The summed E-state index contributed by atoms with van der Waals surface area (Å²) in [5.74, 6) is 0.975. The summed E-state index contributed by atoms with van der Waals surface area (Å²) in [5.41, 5.74) is 6.15. The van der Waals surface area contributed by atoms with Crippen molar-refractivity contribution < 1.29 is 14.3 Å². The molecule has 4 nitrogen and oxygen atoms in total. The Morgan fingerprint density at radius 3 is 2.32 bits per heavy atom. The van der Waals surface area contributed by atoms with Gasteiger partial charge in [-0.25, -0.2) is 0 Å². The Hall–Kier alpha value is -4.15. The van der Waals surface area contributed by atoms with Gasteiger partial charge in [-0.1, -0.05) is 72.3 Å². The number of rotatable bonds is 4. The third-order valence-corrected chi connectivity index (χ3v) is 8.23. The predicted octanol–water partition coefficient (Wildman–Crippen LogP) is 7.52. The van der Waals surface area contributed by atoms with E-state index in [1.165, 1.54) is 5.56 Å². The van der Waals surface area contributed by atoms with Crippen molar-refractivity contribution >= 4 is 28.9 Å². The standard InChI is InChI=1S/C33H24ClNO3/c34-21-12-8-19(9-13-21)18-38-22-14-10-20(11-15-22)31-24-7-3-6-23(24)29-28(35-31)17-16-27-30(29)33(37)26-5-2-1-4-25(26)32(27)36/h1-6,8-17,23-24,31,35H,7,18H2/t23-,24+,31+/m1/s1. The second kappa shape index (κ2) is 9.00. The number of nitrogens with one attached hydrogen (secondary N) is 1.